The predicted octanol–water partition coefficient (Wildman–Crippen LogP) is 4.77. The molecule has 0 saturated carbocycles. The summed E-state index contributed by atoms with van der Waals surface area (Å²) in [5, 5.41) is 12.1. The van der Waals surface area contributed by atoms with Crippen molar-refractivity contribution in [2.75, 3.05) is 19.6 Å². The molecule has 0 spiro atoms. The van der Waals surface area contributed by atoms with Crippen molar-refractivity contribution in [3.63, 3.8) is 0 Å². The van der Waals surface area contributed by atoms with E-state index in [-0.39, 0.29) is 0 Å². The Hall–Kier alpha value is -2.10. The van der Waals surface area contributed by atoms with Gasteiger partial charge in [0.2, 0.25) is 0 Å². The Morgan fingerprint density at radius 3 is 2.56 bits per heavy atom. The number of nitrogens with zero attached hydrogens (tertiary/aromatic N) is 1. The molecular weight excluding hydrogens is 332 g/mol. The molecule has 0 bridgehead atoms. The molecular formula is C24H30N2O. The van der Waals surface area contributed by atoms with Crippen molar-refractivity contribution in [3.05, 3.63) is 70.9 Å². The summed E-state index contributed by atoms with van der Waals surface area (Å²) in [5.74, 6) is 0.762. The topological polar surface area (TPSA) is 39.3 Å². The molecule has 1 unspecified atom stereocenters. The van der Waals surface area contributed by atoms with E-state index in [4.69, 9.17) is 0 Å². The summed E-state index contributed by atoms with van der Waals surface area (Å²) < 4.78 is 0. The molecule has 0 radical (unpaired) electrons. The number of benzene rings is 2. The minimum absolute atomic E-state index is 0.439. The van der Waals surface area contributed by atoms with Crippen LogP contribution in [-0.4, -0.2) is 34.6 Å². The van der Waals surface area contributed by atoms with Crippen molar-refractivity contribution in [2.24, 2.45) is 5.92 Å². The molecule has 3 heteroatoms. The van der Waals surface area contributed by atoms with Crippen molar-refractivity contribution in [1.82, 2.24) is 9.88 Å². The second-order valence-electron chi connectivity index (χ2n) is 8.16. The predicted molar refractivity (Wildman–Crippen MR) is 112 cm³/mol. The van der Waals surface area contributed by atoms with E-state index in [9.17, 15) is 5.11 Å². The number of hydrogen-bond donors (Lipinski definition) is 2. The highest BCUT2D eigenvalue weighted by molar-refractivity contribution is 5.85. The zero-order valence-electron chi connectivity index (χ0n) is 16.4. The fraction of sp³-hybridized carbons (Fsp3) is 0.417. The van der Waals surface area contributed by atoms with E-state index in [1.54, 1.807) is 0 Å². The van der Waals surface area contributed by atoms with E-state index in [2.05, 4.69) is 72.3 Å². The molecule has 1 atom stereocenters. The maximum absolute atomic E-state index is 11.0. The van der Waals surface area contributed by atoms with Crippen LogP contribution in [0.15, 0.2) is 48.5 Å². The van der Waals surface area contributed by atoms with Crippen molar-refractivity contribution in [2.45, 2.75) is 39.2 Å². The Balaban J connectivity index is 1.38. The monoisotopic (exact) mass is 362 g/mol. The molecule has 2 heterocycles. The van der Waals surface area contributed by atoms with Crippen LogP contribution in [0.1, 0.15) is 41.3 Å². The summed E-state index contributed by atoms with van der Waals surface area (Å²) >= 11 is 0. The van der Waals surface area contributed by atoms with Gasteiger partial charge >= 0.3 is 0 Å². The molecule has 1 aliphatic heterocycles. The molecule has 3 aromatic rings. The van der Waals surface area contributed by atoms with Gasteiger partial charge in [-0.15, -0.1) is 0 Å². The standard InChI is InChI=1S/C24H30N2O/c1-17-8-9-22-21(14-17)24(18(2)25-22)23(27)16-26-12-10-20(11-13-26)15-19-6-4-3-5-7-19/h3-9,14,20,23,25,27H,10-13,15-16H2,1-2H3. The van der Waals surface area contributed by atoms with E-state index in [1.165, 1.54) is 35.8 Å². The number of fused-ring (bicyclic) bond motifs is 1. The van der Waals surface area contributed by atoms with Crippen LogP contribution in [0, 0.1) is 19.8 Å². The first-order chi connectivity index (χ1) is 13.1. The SMILES string of the molecule is Cc1ccc2[nH]c(C)c(C(O)CN3CCC(Cc4ccccc4)CC3)c2c1. The van der Waals surface area contributed by atoms with Crippen LogP contribution in [0.3, 0.4) is 0 Å². The van der Waals surface area contributed by atoms with Crippen LogP contribution >= 0.6 is 0 Å². The highest BCUT2D eigenvalue weighted by Crippen LogP contribution is 2.30. The smallest absolute Gasteiger partial charge is 0.0940 e. The lowest BCUT2D eigenvalue weighted by atomic mass is 9.90. The highest BCUT2D eigenvalue weighted by atomic mass is 16.3. The highest BCUT2D eigenvalue weighted by Gasteiger charge is 2.24. The van der Waals surface area contributed by atoms with E-state index in [0.29, 0.717) is 0 Å². The third-order valence-electron chi connectivity index (χ3n) is 6.03. The molecule has 1 saturated heterocycles. The minimum Gasteiger partial charge on any atom is -0.387 e. The lowest BCUT2D eigenvalue weighted by molar-refractivity contribution is 0.0898. The van der Waals surface area contributed by atoms with Gasteiger partial charge < -0.3 is 15.0 Å². The number of aromatic nitrogens is 1. The first-order valence-corrected chi connectivity index (χ1v) is 10.1. The number of aliphatic hydroxyl groups excluding tert-OH is 1. The number of aryl methyl sites for hydroxylation is 2. The second-order valence-corrected chi connectivity index (χ2v) is 8.16. The molecule has 0 aliphatic carbocycles. The zero-order valence-corrected chi connectivity index (χ0v) is 16.4. The van der Waals surface area contributed by atoms with Crippen molar-refractivity contribution < 1.29 is 5.11 Å². The van der Waals surface area contributed by atoms with Gasteiger partial charge in [-0.05, 0) is 69.8 Å². The number of hydrogen-bond acceptors (Lipinski definition) is 2. The summed E-state index contributed by atoms with van der Waals surface area (Å²) in [6.45, 7) is 7.05. The summed E-state index contributed by atoms with van der Waals surface area (Å²) in [4.78, 5) is 5.86. The van der Waals surface area contributed by atoms with Gasteiger partial charge in [-0.1, -0.05) is 42.0 Å². The minimum atomic E-state index is -0.439. The van der Waals surface area contributed by atoms with Crippen molar-refractivity contribution in [1.29, 1.82) is 0 Å². The normalized spacial score (nSPS) is 17.4. The molecule has 1 fully saturated rings. The maximum Gasteiger partial charge on any atom is 0.0940 e. The summed E-state index contributed by atoms with van der Waals surface area (Å²) in [6.07, 6.45) is 3.17. The van der Waals surface area contributed by atoms with Gasteiger partial charge in [0, 0.05) is 28.7 Å². The van der Waals surface area contributed by atoms with E-state index in [0.717, 1.165) is 42.3 Å². The first kappa shape index (κ1) is 18.3. The number of aromatic amines is 1. The molecule has 27 heavy (non-hydrogen) atoms. The Bertz CT molecular complexity index is 891. The number of H-pyrrole nitrogens is 1. The van der Waals surface area contributed by atoms with E-state index < -0.39 is 6.10 Å². The van der Waals surface area contributed by atoms with Crippen LogP contribution in [0.25, 0.3) is 10.9 Å². The van der Waals surface area contributed by atoms with Gasteiger partial charge in [0.25, 0.3) is 0 Å². The third kappa shape index (κ3) is 4.10. The van der Waals surface area contributed by atoms with Gasteiger partial charge in [0.1, 0.15) is 0 Å². The summed E-state index contributed by atoms with van der Waals surface area (Å²) in [6, 6.07) is 17.2. The number of likely N-dealkylation sites (tertiary alicyclic amines) is 1. The molecule has 4 rings (SSSR count). The molecule has 2 aromatic carbocycles. The molecule has 3 nitrogen and oxygen atoms in total. The maximum atomic E-state index is 11.0. The van der Waals surface area contributed by atoms with Crippen LogP contribution in [0.4, 0.5) is 0 Å². The summed E-state index contributed by atoms with van der Waals surface area (Å²) in [7, 11) is 0. The quantitative estimate of drug-likeness (QED) is 0.686. The molecule has 1 aromatic heterocycles. The number of rotatable bonds is 5. The fourth-order valence-corrected chi connectivity index (χ4v) is 4.55. The van der Waals surface area contributed by atoms with Crippen molar-refractivity contribution >= 4 is 10.9 Å². The Morgan fingerprint density at radius 2 is 1.81 bits per heavy atom. The van der Waals surface area contributed by atoms with Gasteiger partial charge in [-0.25, -0.2) is 0 Å². The van der Waals surface area contributed by atoms with Crippen molar-refractivity contribution in [3.8, 4) is 0 Å². The van der Waals surface area contributed by atoms with E-state index in [1.807, 2.05) is 0 Å². The molecule has 0 amide bonds. The van der Waals surface area contributed by atoms with E-state index >= 15 is 0 Å². The lowest BCUT2D eigenvalue weighted by Crippen LogP contribution is -2.37. The second kappa shape index (κ2) is 7.87. The van der Waals surface area contributed by atoms with Crippen LogP contribution < -0.4 is 0 Å². The number of β-amino-alcohol motifs (C(OH)–C–C–N with tert-alkyl or cyclic N) is 1. The van der Waals surface area contributed by atoms with Gasteiger partial charge in [0.15, 0.2) is 0 Å². The Labute approximate surface area is 162 Å². The van der Waals surface area contributed by atoms with Gasteiger partial charge in [-0.2, -0.15) is 0 Å². The third-order valence-corrected chi connectivity index (χ3v) is 6.03. The average Bonchev–Trinajstić information content (AvgIpc) is 2.99. The van der Waals surface area contributed by atoms with Gasteiger partial charge in [0.05, 0.1) is 6.10 Å². The Kier molecular flexibility index (Phi) is 5.33. The van der Waals surface area contributed by atoms with Crippen LogP contribution in [0.2, 0.25) is 0 Å². The summed E-state index contributed by atoms with van der Waals surface area (Å²) in [5.41, 5.74) is 5.95. The lowest BCUT2D eigenvalue weighted by Gasteiger charge is -2.33. The molecule has 2 N–H and O–H groups in total. The van der Waals surface area contributed by atoms with Crippen LogP contribution in [-0.2, 0) is 6.42 Å². The fourth-order valence-electron chi connectivity index (χ4n) is 4.55. The zero-order chi connectivity index (χ0) is 18.8. The number of piperidine rings is 1. The van der Waals surface area contributed by atoms with Crippen LogP contribution in [0.5, 0.6) is 0 Å². The molecule has 1 aliphatic rings. The molecule has 142 valence electrons. The number of aliphatic hydroxyl groups is 1. The largest absolute Gasteiger partial charge is 0.387 e. The Morgan fingerprint density at radius 1 is 1.07 bits per heavy atom. The first-order valence-electron chi connectivity index (χ1n) is 10.1. The van der Waals surface area contributed by atoms with Gasteiger partial charge in [-0.3, -0.25) is 0 Å². The number of nitrogens with one attached hydrogen (secondary N) is 1. The average molecular weight is 363 g/mol.